The van der Waals surface area contributed by atoms with Crippen LogP contribution in [0.25, 0.3) is 0 Å². The molecule has 0 fully saturated rings. The van der Waals surface area contributed by atoms with E-state index in [-0.39, 0.29) is 6.04 Å². The van der Waals surface area contributed by atoms with Crippen LogP contribution in [0.3, 0.4) is 0 Å². The Morgan fingerprint density at radius 1 is 1.07 bits per heavy atom. The molecular weight excluding hydrogens is 340 g/mol. The minimum Gasteiger partial charge on any atom is -0.494 e. The fourth-order valence-electron chi connectivity index (χ4n) is 3.01. The van der Waals surface area contributed by atoms with Crippen LogP contribution in [0.15, 0.2) is 36.4 Å². The van der Waals surface area contributed by atoms with Crippen LogP contribution in [-0.2, 0) is 16.0 Å². The molecule has 0 aromatic heterocycles. The zero-order valence-corrected chi connectivity index (χ0v) is 16.7. The highest BCUT2D eigenvalue weighted by Crippen LogP contribution is 2.26. The summed E-state index contributed by atoms with van der Waals surface area (Å²) in [5.41, 5.74) is 4.55. The molecular formula is C22H28N2O3. The van der Waals surface area contributed by atoms with Crippen molar-refractivity contribution in [3.8, 4) is 5.75 Å². The number of anilines is 1. The normalized spacial score (nSPS) is 11.6. The lowest BCUT2D eigenvalue weighted by atomic mass is 10.0. The number of hydrogen-bond donors (Lipinski definition) is 2. The van der Waals surface area contributed by atoms with Crippen molar-refractivity contribution >= 4 is 17.5 Å². The van der Waals surface area contributed by atoms with Gasteiger partial charge in [0.15, 0.2) is 0 Å². The Balaban J connectivity index is 2.13. The minimum atomic E-state index is -0.670. The van der Waals surface area contributed by atoms with E-state index >= 15 is 0 Å². The molecule has 5 nitrogen and oxygen atoms in total. The number of benzene rings is 2. The van der Waals surface area contributed by atoms with E-state index in [0.29, 0.717) is 18.0 Å². The average Bonchev–Trinajstić information content (AvgIpc) is 2.64. The molecule has 5 heteroatoms. The molecule has 0 spiro atoms. The number of para-hydroxylation sites is 1. The Kier molecular flexibility index (Phi) is 6.99. The molecule has 0 bridgehead atoms. The van der Waals surface area contributed by atoms with Gasteiger partial charge in [0.05, 0.1) is 12.6 Å². The predicted molar refractivity (Wildman–Crippen MR) is 108 cm³/mol. The maximum atomic E-state index is 12.4. The van der Waals surface area contributed by atoms with Crippen LogP contribution in [0.4, 0.5) is 5.69 Å². The Morgan fingerprint density at radius 2 is 1.81 bits per heavy atom. The first kappa shape index (κ1) is 20.5. The van der Waals surface area contributed by atoms with Crippen molar-refractivity contribution in [3.63, 3.8) is 0 Å². The Hall–Kier alpha value is -2.82. The molecule has 144 valence electrons. The van der Waals surface area contributed by atoms with Gasteiger partial charge in [0.1, 0.15) is 5.75 Å². The number of aryl methyl sites for hydroxylation is 3. The van der Waals surface area contributed by atoms with Crippen molar-refractivity contribution in [1.82, 2.24) is 5.32 Å². The maximum absolute atomic E-state index is 12.4. The maximum Gasteiger partial charge on any atom is 0.313 e. The zero-order chi connectivity index (χ0) is 20.0. The van der Waals surface area contributed by atoms with Crippen molar-refractivity contribution in [2.24, 2.45) is 0 Å². The van der Waals surface area contributed by atoms with Gasteiger partial charge in [-0.25, -0.2) is 0 Å². The first-order valence-corrected chi connectivity index (χ1v) is 9.31. The van der Waals surface area contributed by atoms with Gasteiger partial charge in [-0.15, -0.1) is 0 Å². The summed E-state index contributed by atoms with van der Waals surface area (Å²) >= 11 is 0. The zero-order valence-electron chi connectivity index (χ0n) is 16.7. The van der Waals surface area contributed by atoms with E-state index in [9.17, 15) is 9.59 Å². The summed E-state index contributed by atoms with van der Waals surface area (Å²) < 4.78 is 5.64. The van der Waals surface area contributed by atoms with Crippen LogP contribution in [0.5, 0.6) is 5.75 Å². The molecule has 2 aromatic rings. The Bertz CT molecular complexity index is 830. The largest absolute Gasteiger partial charge is 0.494 e. The van der Waals surface area contributed by atoms with Gasteiger partial charge >= 0.3 is 11.8 Å². The molecule has 0 aliphatic rings. The fourth-order valence-corrected chi connectivity index (χ4v) is 3.01. The van der Waals surface area contributed by atoms with Crippen LogP contribution in [0.2, 0.25) is 0 Å². The quantitative estimate of drug-likeness (QED) is 0.755. The Labute approximate surface area is 161 Å². The van der Waals surface area contributed by atoms with Crippen LogP contribution in [-0.4, -0.2) is 18.4 Å². The monoisotopic (exact) mass is 368 g/mol. The molecule has 1 unspecified atom stereocenters. The van der Waals surface area contributed by atoms with E-state index in [1.54, 1.807) is 0 Å². The summed E-state index contributed by atoms with van der Waals surface area (Å²) in [6, 6.07) is 11.3. The lowest BCUT2D eigenvalue weighted by Gasteiger charge is -2.19. The first-order valence-electron chi connectivity index (χ1n) is 9.31. The van der Waals surface area contributed by atoms with E-state index in [1.165, 1.54) is 0 Å². The van der Waals surface area contributed by atoms with Crippen LogP contribution in [0, 0.1) is 13.8 Å². The van der Waals surface area contributed by atoms with Crippen molar-refractivity contribution < 1.29 is 14.3 Å². The lowest BCUT2D eigenvalue weighted by Crippen LogP contribution is -2.37. The predicted octanol–water partition coefficient (Wildman–Crippen LogP) is 4.08. The molecule has 0 saturated heterocycles. The highest BCUT2D eigenvalue weighted by molar-refractivity contribution is 6.39. The van der Waals surface area contributed by atoms with Gasteiger partial charge in [-0.3, -0.25) is 9.59 Å². The number of hydrogen-bond acceptors (Lipinski definition) is 3. The van der Waals surface area contributed by atoms with E-state index in [0.717, 1.165) is 28.7 Å². The van der Waals surface area contributed by atoms with Gasteiger partial charge in [0, 0.05) is 11.3 Å². The third kappa shape index (κ3) is 5.09. The Morgan fingerprint density at radius 3 is 2.48 bits per heavy atom. The summed E-state index contributed by atoms with van der Waals surface area (Å²) in [7, 11) is 0. The van der Waals surface area contributed by atoms with Gasteiger partial charge < -0.3 is 15.4 Å². The minimum absolute atomic E-state index is 0.354. The summed E-state index contributed by atoms with van der Waals surface area (Å²) in [5.74, 6) is -0.628. The SMILES string of the molecule is CCOc1ccc(C)cc1C(C)NC(=O)C(=O)Nc1c(C)cccc1CC. The van der Waals surface area contributed by atoms with Crippen molar-refractivity contribution in [3.05, 3.63) is 58.7 Å². The molecule has 0 heterocycles. The third-order valence-corrected chi connectivity index (χ3v) is 4.46. The van der Waals surface area contributed by atoms with Crippen molar-refractivity contribution in [2.45, 2.75) is 47.1 Å². The van der Waals surface area contributed by atoms with Crippen molar-refractivity contribution in [1.29, 1.82) is 0 Å². The van der Waals surface area contributed by atoms with Gasteiger partial charge in [-0.2, -0.15) is 0 Å². The molecule has 2 rings (SSSR count). The third-order valence-electron chi connectivity index (χ3n) is 4.46. The second kappa shape index (κ2) is 9.21. The van der Waals surface area contributed by atoms with Crippen LogP contribution in [0.1, 0.15) is 49.1 Å². The smallest absolute Gasteiger partial charge is 0.313 e. The number of nitrogens with one attached hydrogen (secondary N) is 2. The molecule has 2 amide bonds. The standard InChI is InChI=1S/C22H28N2O3/c1-6-17-10-8-9-15(4)20(17)24-22(26)21(25)23-16(5)18-13-14(3)11-12-19(18)27-7-2/h8-13,16H,6-7H2,1-5H3,(H,23,25)(H,24,26). The van der Waals surface area contributed by atoms with Gasteiger partial charge in [-0.05, 0) is 51.3 Å². The summed E-state index contributed by atoms with van der Waals surface area (Å²) in [6.45, 7) is 10.2. The number of amides is 2. The molecule has 2 N–H and O–H groups in total. The summed E-state index contributed by atoms with van der Waals surface area (Å²) in [4.78, 5) is 24.9. The number of carbonyl (C=O) groups is 2. The molecule has 0 radical (unpaired) electrons. The summed E-state index contributed by atoms with van der Waals surface area (Å²) in [6.07, 6.45) is 0.774. The molecule has 0 aliphatic heterocycles. The highest BCUT2D eigenvalue weighted by atomic mass is 16.5. The fraction of sp³-hybridized carbons (Fsp3) is 0.364. The molecule has 1 atom stereocenters. The first-order chi connectivity index (χ1) is 12.9. The van der Waals surface area contributed by atoms with E-state index in [4.69, 9.17) is 4.74 Å². The molecule has 0 aliphatic carbocycles. The van der Waals surface area contributed by atoms with E-state index in [1.807, 2.05) is 71.0 Å². The van der Waals surface area contributed by atoms with Gasteiger partial charge in [-0.1, -0.05) is 42.8 Å². The lowest BCUT2D eigenvalue weighted by molar-refractivity contribution is -0.136. The number of rotatable bonds is 6. The molecule has 0 saturated carbocycles. The van der Waals surface area contributed by atoms with Crippen molar-refractivity contribution in [2.75, 3.05) is 11.9 Å². The second-order valence-electron chi connectivity index (χ2n) is 6.59. The number of carbonyl (C=O) groups excluding carboxylic acids is 2. The molecule has 27 heavy (non-hydrogen) atoms. The van der Waals surface area contributed by atoms with Gasteiger partial charge in [0.2, 0.25) is 0 Å². The second-order valence-corrected chi connectivity index (χ2v) is 6.59. The van der Waals surface area contributed by atoms with Crippen LogP contribution < -0.4 is 15.4 Å². The van der Waals surface area contributed by atoms with Gasteiger partial charge in [0.25, 0.3) is 0 Å². The summed E-state index contributed by atoms with van der Waals surface area (Å²) in [5, 5.41) is 5.52. The van der Waals surface area contributed by atoms with E-state index in [2.05, 4.69) is 10.6 Å². The van der Waals surface area contributed by atoms with Crippen LogP contribution >= 0.6 is 0 Å². The highest BCUT2D eigenvalue weighted by Gasteiger charge is 2.21. The number of ether oxygens (including phenoxy) is 1. The molecule has 2 aromatic carbocycles. The average molecular weight is 368 g/mol. The van der Waals surface area contributed by atoms with E-state index < -0.39 is 11.8 Å². The topological polar surface area (TPSA) is 67.4 Å².